The summed E-state index contributed by atoms with van der Waals surface area (Å²) in [7, 11) is 0. The van der Waals surface area contributed by atoms with Gasteiger partial charge in [-0.2, -0.15) is 0 Å². The molecule has 0 heterocycles. The van der Waals surface area contributed by atoms with E-state index in [9.17, 15) is 4.79 Å². The zero-order valence-corrected chi connectivity index (χ0v) is 10.0. The summed E-state index contributed by atoms with van der Waals surface area (Å²) in [6, 6.07) is 0. The van der Waals surface area contributed by atoms with Crippen molar-refractivity contribution in [2.24, 2.45) is 11.8 Å². The van der Waals surface area contributed by atoms with E-state index in [1.807, 2.05) is 6.92 Å². The van der Waals surface area contributed by atoms with E-state index in [1.54, 1.807) is 0 Å². The molecule has 0 aromatic carbocycles. The van der Waals surface area contributed by atoms with E-state index in [0.717, 1.165) is 18.6 Å². The molecule has 0 fully saturated rings. The molecule has 14 heavy (non-hydrogen) atoms. The van der Waals surface area contributed by atoms with Crippen molar-refractivity contribution < 1.29 is 4.79 Å². The van der Waals surface area contributed by atoms with Crippen LogP contribution in [-0.4, -0.2) is 6.29 Å². The SMILES string of the molecule is CC(C)=CCCC(C)CCC(C)C=O. The second kappa shape index (κ2) is 7.78. The molecule has 2 atom stereocenters. The molecule has 0 N–H and O–H groups in total. The Hall–Kier alpha value is -0.590. The number of carbonyl (C=O) groups excluding carboxylic acids is 1. The normalized spacial score (nSPS) is 14.6. The fourth-order valence-corrected chi connectivity index (χ4v) is 1.42. The van der Waals surface area contributed by atoms with Gasteiger partial charge >= 0.3 is 0 Å². The van der Waals surface area contributed by atoms with Crippen molar-refractivity contribution in [3.63, 3.8) is 0 Å². The molecule has 82 valence electrons. The van der Waals surface area contributed by atoms with Crippen molar-refractivity contribution in [3.05, 3.63) is 11.6 Å². The third-order valence-electron chi connectivity index (χ3n) is 2.56. The molecule has 0 saturated heterocycles. The second-order valence-corrected chi connectivity index (χ2v) is 4.65. The van der Waals surface area contributed by atoms with Crippen molar-refractivity contribution >= 4 is 6.29 Å². The summed E-state index contributed by atoms with van der Waals surface area (Å²) in [5.74, 6) is 0.980. The minimum atomic E-state index is 0.237. The van der Waals surface area contributed by atoms with Gasteiger partial charge < -0.3 is 4.79 Å². The lowest BCUT2D eigenvalue weighted by atomic mass is 9.95. The molecule has 0 aromatic rings. The molecule has 0 aliphatic rings. The van der Waals surface area contributed by atoms with Gasteiger partial charge in [-0.3, -0.25) is 0 Å². The van der Waals surface area contributed by atoms with Crippen LogP contribution in [0, 0.1) is 11.8 Å². The van der Waals surface area contributed by atoms with Crippen molar-refractivity contribution in [2.75, 3.05) is 0 Å². The van der Waals surface area contributed by atoms with Gasteiger partial charge in [0.25, 0.3) is 0 Å². The van der Waals surface area contributed by atoms with Gasteiger partial charge in [0.15, 0.2) is 0 Å². The number of hydrogen-bond acceptors (Lipinski definition) is 1. The summed E-state index contributed by atoms with van der Waals surface area (Å²) in [5.41, 5.74) is 1.40. The average Bonchev–Trinajstić information content (AvgIpc) is 2.13. The van der Waals surface area contributed by atoms with Gasteiger partial charge in [-0.05, 0) is 39.0 Å². The maximum absolute atomic E-state index is 10.4. The van der Waals surface area contributed by atoms with E-state index in [-0.39, 0.29) is 5.92 Å². The molecule has 0 aliphatic carbocycles. The van der Waals surface area contributed by atoms with E-state index in [2.05, 4.69) is 26.8 Å². The standard InChI is InChI=1S/C13H24O/c1-11(2)6-5-7-12(3)8-9-13(4)10-14/h6,10,12-13H,5,7-9H2,1-4H3. The first-order valence-corrected chi connectivity index (χ1v) is 5.65. The van der Waals surface area contributed by atoms with Crippen LogP contribution in [0.2, 0.25) is 0 Å². The zero-order valence-electron chi connectivity index (χ0n) is 10.0. The van der Waals surface area contributed by atoms with Gasteiger partial charge in [0.05, 0.1) is 0 Å². The lowest BCUT2D eigenvalue weighted by Gasteiger charge is -2.10. The Morgan fingerprint density at radius 3 is 2.29 bits per heavy atom. The number of hydrogen-bond donors (Lipinski definition) is 0. The molecule has 1 nitrogen and oxygen atoms in total. The Morgan fingerprint density at radius 1 is 1.14 bits per heavy atom. The van der Waals surface area contributed by atoms with Gasteiger partial charge in [-0.25, -0.2) is 0 Å². The van der Waals surface area contributed by atoms with Crippen LogP contribution in [0.1, 0.15) is 53.4 Å². The predicted octanol–water partition coefficient (Wildman–Crippen LogP) is 3.98. The number of rotatable bonds is 7. The molecule has 1 heteroatoms. The second-order valence-electron chi connectivity index (χ2n) is 4.65. The fourth-order valence-electron chi connectivity index (χ4n) is 1.42. The third kappa shape index (κ3) is 8.03. The van der Waals surface area contributed by atoms with E-state index in [0.29, 0.717) is 0 Å². The summed E-state index contributed by atoms with van der Waals surface area (Å²) in [6.07, 6.45) is 7.99. The van der Waals surface area contributed by atoms with Gasteiger partial charge in [-0.1, -0.05) is 31.9 Å². The fraction of sp³-hybridized carbons (Fsp3) is 0.769. The lowest BCUT2D eigenvalue weighted by Crippen LogP contribution is -2.01. The van der Waals surface area contributed by atoms with Crippen LogP contribution in [0.25, 0.3) is 0 Å². The van der Waals surface area contributed by atoms with Crippen LogP contribution in [0.5, 0.6) is 0 Å². The van der Waals surface area contributed by atoms with Crippen LogP contribution in [0.4, 0.5) is 0 Å². The molecule has 2 unspecified atom stereocenters. The summed E-state index contributed by atoms with van der Waals surface area (Å²) in [5, 5.41) is 0. The van der Waals surface area contributed by atoms with Crippen LogP contribution in [0.3, 0.4) is 0 Å². The smallest absolute Gasteiger partial charge is 0.122 e. The maximum atomic E-state index is 10.4. The van der Waals surface area contributed by atoms with Gasteiger partial charge in [0.1, 0.15) is 6.29 Å². The molecule has 0 bridgehead atoms. The molecule has 0 aliphatic heterocycles. The van der Waals surface area contributed by atoms with E-state index in [4.69, 9.17) is 0 Å². The Bertz CT molecular complexity index is 178. The summed E-state index contributed by atoms with van der Waals surface area (Å²) in [6.45, 7) is 8.55. The number of aldehydes is 1. The summed E-state index contributed by atoms with van der Waals surface area (Å²) in [4.78, 5) is 10.4. The van der Waals surface area contributed by atoms with Gasteiger partial charge in [-0.15, -0.1) is 0 Å². The molecule has 0 aromatic heterocycles. The highest BCUT2D eigenvalue weighted by atomic mass is 16.1. The highest BCUT2D eigenvalue weighted by molar-refractivity contribution is 5.52. The van der Waals surface area contributed by atoms with Crippen molar-refractivity contribution in [1.82, 2.24) is 0 Å². The Balaban J connectivity index is 3.50. The average molecular weight is 196 g/mol. The maximum Gasteiger partial charge on any atom is 0.122 e. The van der Waals surface area contributed by atoms with Crippen LogP contribution < -0.4 is 0 Å². The third-order valence-corrected chi connectivity index (χ3v) is 2.56. The lowest BCUT2D eigenvalue weighted by molar-refractivity contribution is -0.110. The highest BCUT2D eigenvalue weighted by Crippen LogP contribution is 2.16. The van der Waals surface area contributed by atoms with Crippen molar-refractivity contribution in [1.29, 1.82) is 0 Å². The monoisotopic (exact) mass is 196 g/mol. The summed E-state index contributed by atoms with van der Waals surface area (Å²) >= 11 is 0. The Morgan fingerprint density at radius 2 is 1.79 bits per heavy atom. The topological polar surface area (TPSA) is 17.1 Å². The van der Waals surface area contributed by atoms with Crippen molar-refractivity contribution in [2.45, 2.75) is 53.4 Å². The molecule has 0 rings (SSSR count). The Labute approximate surface area is 88.6 Å². The largest absolute Gasteiger partial charge is 0.303 e. The van der Waals surface area contributed by atoms with E-state index in [1.165, 1.54) is 24.8 Å². The van der Waals surface area contributed by atoms with Gasteiger partial charge in [0, 0.05) is 5.92 Å². The Kier molecular flexibility index (Phi) is 7.45. The first-order chi connectivity index (χ1) is 6.56. The number of allylic oxidation sites excluding steroid dienone is 2. The van der Waals surface area contributed by atoms with Gasteiger partial charge in [0.2, 0.25) is 0 Å². The number of carbonyl (C=O) groups is 1. The molecular weight excluding hydrogens is 172 g/mol. The van der Waals surface area contributed by atoms with E-state index < -0.39 is 0 Å². The molecule has 0 saturated carbocycles. The molecule has 0 radical (unpaired) electrons. The molecule has 0 amide bonds. The molecular formula is C13H24O. The van der Waals surface area contributed by atoms with Crippen LogP contribution in [-0.2, 0) is 4.79 Å². The minimum absolute atomic E-state index is 0.237. The van der Waals surface area contributed by atoms with Crippen molar-refractivity contribution in [3.8, 4) is 0 Å². The summed E-state index contributed by atoms with van der Waals surface area (Å²) < 4.78 is 0. The first kappa shape index (κ1) is 13.4. The first-order valence-electron chi connectivity index (χ1n) is 5.65. The quantitative estimate of drug-likeness (QED) is 0.444. The van der Waals surface area contributed by atoms with Crippen LogP contribution in [0.15, 0.2) is 11.6 Å². The zero-order chi connectivity index (χ0) is 11.0. The highest BCUT2D eigenvalue weighted by Gasteiger charge is 2.04. The van der Waals surface area contributed by atoms with Crippen LogP contribution >= 0.6 is 0 Å². The molecule has 0 spiro atoms. The van der Waals surface area contributed by atoms with E-state index >= 15 is 0 Å². The minimum Gasteiger partial charge on any atom is -0.303 e. The predicted molar refractivity (Wildman–Crippen MR) is 62.3 cm³/mol.